The summed E-state index contributed by atoms with van der Waals surface area (Å²) in [7, 11) is 0. The average Bonchev–Trinajstić information content (AvgIpc) is 2.41. The second kappa shape index (κ2) is 5.94. The number of hydrogen-bond donors (Lipinski definition) is 1. The summed E-state index contributed by atoms with van der Waals surface area (Å²) in [5.41, 5.74) is -0.377. The molecule has 16 heavy (non-hydrogen) atoms. The van der Waals surface area contributed by atoms with E-state index in [0.717, 1.165) is 19.3 Å². The van der Waals surface area contributed by atoms with Gasteiger partial charge in [-0.3, -0.25) is 9.59 Å². The van der Waals surface area contributed by atoms with Gasteiger partial charge in [0.15, 0.2) is 5.78 Å². The van der Waals surface area contributed by atoms with Gasteiger partial charge in [-0.1, -0.05) is 13.0 Å². The van der Waals surface area contributed by atoms with Crippen molar-refractivity contribution in [3.8, 4) is 0 Å². The summed E-state index contributed by atoms with van der Waals surface area (Å²) in [5, 5.41) is 8.64. The zero-order chi connectivity index (χ0) is 12.0. The summed E-state index contributed by atoms with van der Waals surface area (Å²) >= 11 is 0. The Morgan fingerprint density at radius 1 is 1.50 bits per heavy atom. The molecular formula is C13H20O3. The van der Waals surface area contributed by atoms with Crippen molar-refractivity contribution in [1.29, 1.82) is 0 Å². The number of hydrogen-bond acceptors (Lipinski definition) is 3. The number of aliphatic hydroxyl groups is 1. The van der Waals surface area contributed by atoms with Crippen LogP contribution in [0.4, 0.5) is 0 Å². The lowest BCUT2D eigenvalue weighted by Gasteiger charge is -2.25. The maximum atomic E-state index is 11.9. The minimum absolute atomic E-state index is 0.0461. The SMILES string of the molecule is C[C@]1(CCC(=O)CCO)CCCC=CC1=O. The van der Waals surface area contributed by atoms with Gasteiger partial charge in [-0.15, -0.1) is 0 Å². The number of aliphatic hydroxyl groups excluding tert-OH is 1. The van der Waals surface area contributed by atoms with Crippen molar-refractivity contribution in [3.63, 3.8) is 0 Å². The Morgan fingerprint density at radius 2 is 2.25 bits per heavy atom. The minimum atomic E-state index is -0.377. The van der Waals surface area contributed by atoms with E-state index >= 15 is 0 Å². The summed E-state index contributed by atoms with van der Waals surface area (Å²) in [5.74, 6) is 0.187. The first kappa shape index (κ1) is 13.1. The van der Waals surface area contributed by atoms with Gasteiger partial charge in [0.2, 0.25) is 0 Å². The fourth-order valence-corrected chi connectivity index (χ4v) is 2.04. The van der Waals surface area contributed by atoms with Crippen LogP contribution in [0.1, 0.15) is 45.4 Å². The standard InChI is InChI=1S/C13H20O3/c1-13(9-6-11(15)7-10-14)8-4-2-3-5-12(13)16/h3,5,14H,2,4,6-10H2,1H3/t13-/m1/s1. The molecule has 1 aliphatic carbocycles. The van der Waals surface area contributed by atoms with E-state index in [0.29, 0.717) is 12.8 Å². The molecule has 0 aliphatic heterocycles. The minimum Gasteiger partial charge on any atom is -0.396 e. The van der Waals surface area contributed by atoms with E-state index in [1.807, 2.05) is 13.0 Å². The highest BCUT2D eigenvalue weighted by molar-refractivity contribution is 5.95. The largest absolute Gasteiger partial charge is 0.396 e. The number of rotatable bonds is 5. The molecule has 90 valence electrons. The molecule has 0 heterocycles. The predicted molar refractivity (Wildman–Crippen MR) is 62.0 cm³/mol. The van der Waals surface area contributed by atoms with Gasteiger partial charge < -0.3 is 5.11 Å². The zero-order valence-electron chi connectivity index (χ0n) is 9.87. The van der Waals surface area contributed by atoms with Gasteiger partial charge in [0.25, 0.3) is 0 Å². The highest BCUT2D eigenvalue weighted by Gasteiger charge is 2.31. The van der Waals surface area contributed by atoms with Gasteiger partial charge >= 0.3 is 0 Å². The van der Waals surface area contributed by atoms with Crippen LogP contribution in [0.25, 0.3) is 0 Å². The molecule has 0 aromatic rings. The molecule has 0 radical (unpaired) electrons. The lowest BCUT2D eigenvalue weighted by Crippen LogP contribution is -2.26. The molecule has 0 bridgehead atoms. The van der Waals surface area contributed by atoms with E-state index in [2.05, 4.69) is 0 Å². The first-order valence-corrected chi connectivity index (χ1v) is 5.92. The van der Waals surface area contributed by atoms with Crippen molar-refractivity contribution in [3.05, 3.63) is 12.2 Å². The van der Waals surface area contributed by atoms with Crippen LogP contribution in [0.5, 0.6) is 0 Å². The zero-order valence-corrected chi connectivity index (χ0v) is 9.87. The smallest absolute Gasteiger partial charge is 0.161 e. The van der Waals surface area contributed by atoms with Gasteiger partial charge in [-0.2, -0.15) is 0 Å². The molecule has 0 saturated heterocycles. The van der Waals surface area contributed by atoms with Crippen LogP contribution >= 0.6 is 0 Å². The Hall–Kier alpha value is -0.960. The summed E-state index contributed by atoms with van der Waals surface area (Å²) in [4.78, 5) is 23.2. The number of Topliss-reactive ketones (excluding diaryl/α,β-unsaturated/α-hetero) is 1. The molecular weight excluding hydrogens is 204 g/mol. The number of carbonyl (C=O) groups is 2. The monoisotopic (exact) mass is 224 g/mol. The molecule has 0 fully saturated rings. The first-order valence-electron chi connectivity index (χ1n) is 5.92. The third-order valence-corrected chi connectivity index (χ3v) is 3.31. The fourth-order valence-electron chi connectivity index (χ4n) is 2.04. The van der Waals surface area contributed by atoms with Crippen LogP contribution in [-0.4, -0.2) is 23.3 Å². The van der Waals surface area contributed by atoms with Crippen LogP contribution in [0.2, 0.25) is 0 Å². The van der Waals surface area contributed by atoms with Crippen molar-refractivity contribution < 1.29 is 14.7 Å². The topological polar surface area (TPSA) is 54.4 Å². The lowest BCUT2D eigenvalue weighted by molar-refractivity contribution is -0.125. The Balaban J connectivity index is 2.52. The first-order chi connectivity index (χ1) is 7.58. The quantitative estimate of drug-likeness (QED) is 0.777. The molecule has 0 spiro atoms. The molecule has 0 saturated carbocycles. The molecule has 3 heteroatoms. The molecule has 0 aromatic carbocycles. The molecule has 1 aliphatic rings. The Bertz CT molecular complexity index is 294. The predicted octanol–water partition coefficient (Wildman–Crippen LogP) is 2.03. The van der Waals surface area contributed by atoms with Gasteiger partial charge in [0.05, 0.1) is 0 Å². The van der Waals surface area contributed by atoms with Crippen LogP contribution in [0.15, 0.2) is 12.2 Å². The number of carbonyl (C=O) groups excluding carboxylic acids is 2. The average molecular weight is 224 g/mol. The van der Waals surface area contributed by atoms with Crippen molar-refractivity contribution in [1.82, 2.24) is 0 Å². The van der Waals surface area contributed by atoms with E-state index in [9.17, 15) is 9.59 Å². The lowest BCUT2D eigenvalue weighted by atomic mass is 9.77. The Kier molecular flexibility index (Phi) is 4.87. The van der Waals surface area contributed by atoms with Gasteiger partial charge in [-0.25, -0.2) is 0 Å². The van der Waals surface area contributed by atoms with E-state index in [-0.39, 0.29) is 30.0 Å². The van der Waals surface area contributed by atoms with Gasteiger partial charge in [0.1, 0.15) is 5.78 Å². The van der Waals surface area contributed by atoms with Crippen molar-refractivity contribution >= 4 is 11.6 Å². The third-order valence-electron chi connectivity index (χ3n) is 3.31. The Morgan fingerprint density at radius 3 is 2.94 bits per heavy atom. The summed E-state index contributed by atoms with van der Waals surface area (Å²) < 4.78 is 0. The highest BCUT2D eigenvalue weighted by Crippen LogP contribution is 2.33. The van der Waals surface area contributed by atoms with E-state index in [1.165, 1.54) is 0 Å². The second-order valence-electron chi connectivity index (χ2n) is 4.73. The molecule has 0 amide bonds. The molecule has 0 aromatic heterocycles. The Labute approximate surface area is 96.5 Å². The molecule has 0 unspecified atom stereocenters. The van der Waals surface area contributed by atoms with Crippen molar-refractivity contribution in [2.75, 3.05) is 6.61 Å². The third kappa shape index (κ3) is 3.56. The van der Waals surface area contributed by atoms with E-state index in [4.69, 9.17) is 5.11 Å². The number of allylic oxidation sites excluding steroid dienone is 2. The number of ketones is 2. The van der Waals surface area contributed by atoms with E-state index < -0.39 is 0 Å². The van der Waals surface area contributed by atoms with Crippen LogP contribution in [-0.2, 0) is 9.59 Å². The maximum absolute atomic E-state index is 11.9. The summed E-state index contributed by atoms with van der Waals surface area (Å²) in [6.07, 6.45) is 7.60. The maximum Gasteiger partial charge on any atom is 0.161 e. The van der Waals surface area contributed by atoms with Crippen LogP contribution < -0.4 is 0 Å². The van der Waals surface area contributed by atoms with E-state index in [1.54, 1.807) is 6.08 Å². The summed E-state index contributed by atoms with van der Waals surface area (Å²) in [6.45, 7) is 1.85. The molecule has 1 atom stereocenters. The molecule has 1 N–H and O–H groups in total. The molecule has 1 rings (SSSR count). The normalized spacial score (nSPS) is 25.5. The van der Waals surface area contributed by atoms with Crippen molar-refractivity contribution in [2.45, 2.75) is 45.4 Å². The summed E-state index contributed by atoms with van der Waals surface area (Å²) in [6, 6.07) is 0. The second-order valence-corrected chi connectivity index (χ2v) is 4.73. The van der Waals surface area contributed by atoms with Gasteiger partial charge in [-0.05, 0) is 31.8 Å². The van der Waals surface area contributed by atoms with Crippen molar-refractivity contribution in [2.24, 2.45) is 5.41 Å². The molecule has 3 nitrogen and oxygen atoms in total. The fraction of sp³-hybridized carbons (Fsp3) is 0.692. The van der Waals surface area contributed by atoms with Crippen LogP contribution in [0, 0.1) is 5.41 Å². The van der Waals surface area contributed by atoms with Crippen LogP contribution in [0.3, 0.4) is 0 Å². The van der Waals surface area contributed by atoms with Gasteiger partial charge in [0, 0.05) is 24.9 Å². The highest BCUT2D eigenvalue weighted by atomic mass is 16.3.